The van der Waals surface area contributed by atoms with Gasteiger partial charge in [0.1, 0.15) is 0 Å². The highest BCUT2D eigenvalue weighted by Crippen LogP contribution is 2.19. The van der Waals surface area contributed by atoms with Crippen LogP contribution in [0.4, 0.5) is 0 Å². The highest BCUT2D eigenvalue weighted by molar-refractivity contribution is 5.81. The molecular weight excluding hydrogens is 268 g/mol. The van der Waals surface area contributed by atoms with Crippen molar-refractivity contribution in [2.24, 2.45) is 5.92 Å². The Morgan fingerprint density at radius 3 is 2.24 bits per heavy atom. The van der Waals surface area contributed by atoms with Crippen LogP contribution in [0, 0.1) is 5.92 Å². The number of nitrogens with zero attached hydrogens (tertiary/aromatic N) is 2. The molecule has 0 unspecified atom stereocenters. The molecular formula is C16H30N2O3. The SMILES string of the molecule is CCOC(=O)CCC(=O)N1CCC(CN(CC)CC)CC1. The summed E-state index contributed by atoms with van der Waals surface area (Å²) < 4.78 is 4.85. The molecule has 0 saturated carbocycles. The normalized spacial score (nSPS) is 16.3. The Balaban J connectivity index is 2.25. The minimum Gasteiger partial charge on any atom is -0.466 e. The lowest BCUT2D eigenvalue weighted by Crippen LogP contribution is -2.41. The molecule has 0 aliphatic carbocycles. The fourth-order valence-corrected chi connectivity index (χ4v) is 2.81. The van der Waals surface area contributed by atoms with Gasteiger partial charge in [0.25, 0.3) is 0 Å². The van der Waals surface area contributed by atoms with Crippen LogP contribution in [0.5, 0.6) is 0 Å². The molecule has 0 radical (unpaired) electrons. The summed E-state index contributed by atoms with van der Waals surface area (Å²) in [4.78, 5) is 27.7. The molecule has 0 aromatic heterocycles. The molecule has 1 saturated heterocycles. The third kappa shape index (κ3) is 6.46. The maximum absolute atomic E-state index is 12.1. The summed E-state index contributed by atoms with van der Waals surface area (Å²) in [6, 6.07) is 0. The van der Waals surface area contributed by atoms with E-state index in [2.05, 4.69) is 18.7 Å². The van der Waals surface area contributed by atoms with Crippen molar-refractivity contribution in [2.45, 2.75) is 46.5 Å². The smallest absolute Gasteiger partial charge is 0.306 e. The van der Waals surface area contributed by atoms with Gasteiger partial charge >= 0.3 is 5.97 Å². The van der Waals surface area contributed by atoms with Gasteiger partial charge in [-0.05, 0) is 38.8 Å². The van der Waals surface area contributed by atoms with Gasteiger partial charge in [-0.2, -0.15) is 0 Å². The second-order valence-electron chi connectivity index (χ2n) is 5.62. The van der Waals surface area contributed by atoms with Crippen molar-refractivity contribution in [3.63, 3.8) is 0 Å². The molecule has 0 atom stereocenters. The van der Waals surface area contributed by atoms with Crippen molar-refractivity contribution in [3.05, 3.63) is 0 Å². The van der Waals surface area contributed by atoms with Crippen LogP contribution in [-0.4, -0.2) is 61.0 Å². The van der Waals surface area contributed by atoms with Crippen molar-refractivity contribution < 1.29 is 14.3 Å². The Morgan fingerprint density at radius 1 is 1.10 bits per heavy atom. The van der Waals surface area contributed by atoms with E-state index in [-0.39, 0.29) is 24.7 Å². The van der Waals surface area contributed by atoms with Gasteiger partial charge in [-0.25, -0.2) is 0 Å². The molecule has 0 aromatic carbocycles. The third-order valence-electron chi connectivity index (χ3n) is 4.23. The quantitative estimate of drug-likeness (QED) is 0.642. The zero-order valence-electron chi connectivity index (χ0n) is 13.8. The number of piperidine rings is 1. The maximum Gasteiger partial charge on any atom is 0.306 e. The average molecular weight is 298 g/mol. The first-order valence-corrected chi connectivity index (χ1v) is 8.26. The number of hydrogen-bond donors (Lipinski definition) is 0. The lowest BCUT2D eigenvalue weighted by molar-refractivity contribution is -0.146. The van der Waals surface area contributed by atoms with Gasteiger partial charge in [-0.3, -0.25) is 9.59 Å². The predicted octanol–water partition coefficient (Wildman–Crippen LogP) is 1.91. The van der Waals surface area contributed by atoms with Crippen LogP contribution in [0.1, 0.15) is 46.5 Å². The van der Waals surface area contributed by atoms with Crippen LogP contribution >= 0.6 is 0 Å². The first-order valence-electron chi connectivity index (χ1n) is 8.26. The van der Waals surface area contributed by atoms with E-state index in [0.717, 1.165) is 45.6 Å². The highest BCUT2D eigenvalue weighted by Gasteiger charge is 2.24. The fraction of sp³-hybridized carbons (Fsp3) is 0.875. The van der Waals surface area contributed by atoms with E-state index < -0.39 is 0 Å². The lowest BCUT2D eigenvalue weighted by Gasteiger charge is -2.34. The van der Waals surface area contributed by atoms with E-state index in [1.54, 1.807) is 6.92 Å². The van der Waals surface area contributed by atoms with Crippen LogP contribution in [-0.2, 0) is 14.3 Å². The van der Waals surface area contributed by atoms with Gasteiger partial charge in [0.15, 0.2) is 0 Å². The fourth-order valence-electron chi connectivity index (χ4n) is 2.81. The summed E-state index contributed by atoms with van der Waals surface area (Å²) in [5.74, 6) is 0.505. The van der Waals surface area contributed by atoms with E-state index in [9.17, 15) is 9.59 Å². The number of ether oxygens (including phenoxy) is 1. The largest absolute Gasteiger partial charge is 0.466 e. The minimum atomic E-state index is -0.276. The monoisotopic (exact) mass is 298 g/mol. The lowest BCUT2D eigenvalue weighted by atomic mass is 9.96. The van der Waals surface area contributed by atoms with Crippen LogP contribution in [0.15, 0.2) is 0 Å². The molecule has 5 heteroatoms. The molecule has 1 rings (SSSR count). The molecule has 1 aliphatic heterocycles. The standard InChI is InChI=1S/C16H30N2O3/c1-4-17(5-2)13-14-9-11-18(12-10-14)15(19)7-8-16(20)21-6-3/h14H,4-13H2,1-3H3. The van der Waals surface area contributed by atoms with Gasteiger partial charge in [-0.15, -0.1) is 0 Å². The Bertz CT molecular complexity index is 321. The molecule has 1 fully saturated rings. The van der Waals surface area contributed by atoms with Gasteiger partial charge in [0.2, 0.25) is 5.91 Å². The Kier molecular flexibility index (Phi) is 8.35. The number of likely N-dealkylation sites (tertiary alicyclic amines) is 1. The van der Waals surface area contributed by atoms with Crippen molar-refractivity contribution in [1.82, 2.24) is 9.80 Å². The topological polar surface area (TPSA) is 49.9 Å². The number of carbonyl (C=O) groups is 2. The summed E-state index contributed by atoms with van der Waals surface area (Å²) in [6.45, 7) is 11.5. The number of esters is 1. The van der Waals surface area contributed by atoms with Crippen molar-refractivity contribution in [3.8, 4) is 0 Å². The number of rotatable bonds is 8. The second kappa shape index (κ2) is 9.77. The van der Waals surface area contributed by atoms with Crippen molar-refractivity contribution in [1.29, 1.82) is 0 Å². The summed E-state index contributed by atoms with van der Waals surface area (Å²) in [7, 11) is 0. The summed E-state index contributed by atoms with van der Waals surface area (Å²) in [6.07, 6.45) is 2.62. The molecule has 0 spiro atoms. The van der Waals surface area contributed by atoms with Crippen LogP contribution < -0.4 is 0 Å². The van der Waals surface area contributed by atoms with Gasteiger partial charge in [-0.1, -0.05) is 13.8 Å². The highest BCUT2D eigenvalue weighted by atomic mass is 16.5. The first kappa shape index (κ1) is 18.0. The first-order chi connectivity index (χ1) is 10.1. The third-order valence-corrected chi connectivity index (χ3v) is 4.23. The van der Waals surface area contributed by atoms with Gasteiger partial charge < -0.3 is 14.5 Å². The molecule has 0 bridgehead atoms. The van der Waals surface area contributed by atoms with Gasteiger partial charge in [0.05, 0.1) is 13.0 Å². The predicted molar refractivity (Wildman–Crippen MR) is 83.0 cm³/mol. The maximum atomic E-state index is 12.1. The summed E-state index contributed by atoms with van der Waals surface area (Å²) >= 11 is 0. The van der Waals surface area contributed by atoms with E-state index in [0.29, 0.717) is 12.5 Å². The number of carbonyl (C=O) groups excluding carboxylic acids is 2. The summed E-state index contributed by atoms with van der Waals surface area (Å²) in [5.41, 5.74) is 0. The van der Waals surface area contributed by atoms with Crippen molar-refractivity contribution >= 4 is 11.9 Å². The van der Waals surface area contributed by atoms with E-state index in [1.165, 1.54) is 0 Å². The Morgan fingerprint density at radius 2 is 1.71 bits per heavy atom. The Hall–Kier alpha value is -1.10. The number of amides is 1. The molecule has 0 aromatic rings. The molecule has 0 N–H and O–H groups in total. The molecule has 1 heterocycles. The van der Waals surface area contributed by atoms with Gasteiger partial charge in [0, 0.05) is 26.1 Å². The zero-order chi connectivity index (χ0) is 15.7. The number of hydrogen-bond acceptors (Lipinski definition) is 4. The molecule has 5 nitrogen and oxygen atoms in total. The zero-order valence-corrected chi connectivity index (χ0v) is 13.8. The Labute approximate surface area is 128 Å². The van der Waals surface area contributed by atoms with E-state index >= 15 is 0 Å². The van der Waals surface area contributed by atoms with Crippen LogP contribution in [0.2, 0.25) is 0 Å². The molecule has 21 heavy (non-hydrogen) atoms. The average Bonchev–Trinajstić information content (AvgIpc) is 2.51. The van der Waals surface area contributed by atoms with Crippen LogP contribution in [0.25, 0.3) is 0 Å². The summed E-state index contributed by atoms with van der Waals surface area (Å²) in [5, 5.41) is 0. The minimum absolute atomic E-state index is 0.0874. The molecule has 1 aliphatic rings. The second-order valence-corrected chi connectivity index (χ2v) is 5.62. The molecule has 1 amide bonds. The molecule has 122 valence electrons. The van der Waals surface area contributed by atoms with E-state index in [1.807, 2.05) is 4.90 Å². The van der Waals surface area contributed by atoms with Crippen LogP contribution in [0.3, 0.4) is 0 Å². The van der Waals surface area contributed by atoms with Crippen molar-refractivity contribution in [2.75, 3.05) is 39.3 Å². The van der Waals surface area contributed by atoms with E-state index in [4.69, 9.17) is 4.74 Å².